The number of anilines is 2. The van der Waals surface area contributed by atoms with Gasteiger partial charge in [0.2, 0.25) is 0 Å². The SMILES string of the molecule is Nc1cccc(Cl)c1S(=O)(=O)Nc1ccc(Cl)c(Cl)c1. The van der Waals surface area contributed by atoms with E-state index in [2.05, 4.69) is 4.72 Å². The van der Waals surface area contributed by atoms with Gasteiger partial charge in [-0.2, -0.15) is 0 Å². The summed E-state index contributed by atoms with van der Waals surface area (Å²) >= 11 is 17.5. The van der Waals surface area contributed by atoms with E-state index in [0.717, 1.165) is 0 Å². The predicted octanol–water partition coefficient (Wildman–Crippen LogP) is 4.03. The fourth-order valence-electron chi connectivity index (χ4n) is 1.57. The van der Waals surface area contributed by atoms with E-state index in [9.17, 15) is 8.42 Å². The van der Waals surface area contributed by atoms with Crippen LogP contribution in [0.4, 0.5) is 11.4 Å². The maximum Gasteiger partial charge on any atom is 0.265 e. The topological polar surface area (TPSA) is 72.2 Å². The maximum atomic E-state index is 12.3. The number of hydrogen-bond donors (Lipinski definition) is 2. The van der Waals surface area contributed by atoms with Crippen molar-refractivity contribution >= 4 is 56.2 Å². The Labute approximate surface area is 131 Å². The zero-order valence-electron chi connectivity index (χ0n) is 9.90. The van der Waals surface area contributed by atoms with E-state index in [1.165, 1.54) is 30.3 Å². The third-order valence-corrected chi connectivity index (χ3v) is 5.10. The molecule has 0 aliphatic rings. The summed E-state index contributed by atoms with van der Waals surface area (Å²) in [7, 11) is -3.91. The number of hydrogen-bond acceptors (Lipinski definition) is 3. The molecule has 0 aliphatic heterocycles. The lowest BCUT2D eigenvalue weighted by molar-refractivity contribution is 0.601. The van der Waals surface area contributed by atoms with Crippen molar-refractivity contribution in [3.8, 4) is 0 Å². The molecule has 0 bridgehead atoms. The minimum absolute atomic E-state index is 0.0394. The van der Waals surface area contributed by atoms with Crippen LogP contribution in [0.1, 0.15) is 0 Å². The third kappa shape index (κ3) is 3.12. The van der Waals surface area contributed by atoms with Crippen LogP contribution in [-0.2, 0) is 10.0 Å². The molecule has 0 amide bonds. The second kappa shape index (κ2) is 5.69. The predicted molar refractivity (Wildman–Crippen MR) is 83.1 cm³/mol. The van der Waals surface area contributed by atoms with E-state index in [-0.39, 0.29) is 26.3 Å². The number of nitrogens with one attached hydrogen (secondary N) is 1. The highest BCUT2D eigenvalue weighted by atomic mass is 35.5. The van der Waals surface area contributed by atoms with Gasteiger partial charge in [0.05, 0.1) is 26.4 Å². The number of nitrogen functional groups attached to an aromatic ring is 1. The van der Waals surface area contributed by atoms with Crippen molar-refractivity contribution in [2.24, 2.45) is 0 Å². The highest BCUT2D eigenvalue weighted by molar-refractivity contribution is 7.93. The summed E-state index contributed by atoms with van der Waals surface area (Å²) in [5, 5.41) is 0.600. The molecule has 20 heavy (non-hydrogen) atoms. The van der Waals surface area contributed by atoms with Gasteiger partial charge in [-0.15, -0.1) is 0 Å². The second-order valence-corrected chi connectivity index (χ2v) is 6.73. The third-order valence-electron chi connectivity index (χ3n) is 2.44. The average molecular weight is 352 g/mol. The van der Waals surface area contributed by atoms with Gasteiger partial charge in [0.25, 0.3) is 10.0 Å². The minimum Gasteiger partial charge on any atom is -0.398 e. The fourth-order valence-corrected chi connectivity index (χ4v) is 3.60. The fraction of sp³-hybridized carbons (Fsp3) is 0. The Morgan fingerprint density at radius 3 is 2.25 bits per heavy atom. The molecule has 0 saturated carbocycles. The smallest absolute Gasteiger partial charge is 0.265 e. The Morgan fingerprint density at radius 2 is 1.65 bits per heavy atom. The summed E-state index contributed by atoms with van der Waals surface area (Å²) in [6, 6.07) is 8.83. The standard InChI is InChI=1S/C12H9Cl3N2O2S/c13-8-5-4-7(6-10(8)15)17-20(18,19)12-9(14)2-1-3-11(12)16/h1-6,17H,16H2. The van der Waals surface area contributed by atoms with Crippen LogP contribution in [0.3, 0.4) is 0 Å². The molecule has 0 unspecified atom stereocenters. The summed E-state index contributed by atoms with van der Waals surface area (Å²) in [4.78, 5) is -0.173. The van der Waals surface area contributed by atoms with Crippen LogP contribution in [0.15, 0.2) is 41.3 Å². The minimum atomic E-state index is -3.91. The van der Waals surface area contributed by atoms with Crippen molar-refractivity contribution < 1.29 is 8.42 Å². The van der Waals surface area contributed by atoms with E-state index in [0.29, 0.717) is 5.02 Å². The summed E-state index contributed by atoms with van der Waals surface area (Å²) in [6.45, 7) is 0. The van der Waals surface area contributed by atoms with Gasteiger partial charge in [0, 0.05) is 0 Å². The number of halogens is 3. The van der Waals surface area contributed by atoms with Gasteiger partial charge in [-0.05, 0) is 30.3 Å². The average Bonchev–Trinajstić information content (AvgIpc) is 2.33. The molecule has 0 heterocycles. The van der Waals surface area contributed by atoms with Crippen molar-refractivity contribution in [2.75, 3.05) is 10.5 Å². The van der Waals surface area contributed by atoms with E-state index in [4.69, 9.17) is 40.5 Å². The van der Waals surface area contributed by atoms with Gasteiger partial charge < -0.3 is 5.73 Å². The van der Waals surface area contributed by atoms with Crippen molar-refractivity contribution in [1.82, 2.24) is 0 Å². The first-order chi connectivity index (χ1) is 9.31. The van der Waals surface area contributed by atoms with Crippen molar-refractivity contribution in [3.63, 3.8) is 0 Å². The monoisotopic (exact) mass is 350 g/mol. The first kappa shape index (κ1) is 15.3. The number of rotatable bonds is 3. The molecule has 2 aromatic carbocycles. The Balaban J connectivity index is 2.43. The summed E-state index contributed by atoms with van der Waals surface area (Å²) in [6.07, 6.45) is 0. The number of benzene rings is 2. The van der Waals surface area contributed by atoms with Crippen LogP contribution in [0.2, 0.25) is 15.1 Å². The first-order valence-corrected chi connectivity index (χ1v) is 7.95. The molecular formula is C12H9Cl3N2O2S. The molecule has 8 heteroatoms. The Kier molecular flexibility index (Phi) is 4.34. The molecule has 2 rings (SSSR count). The molecule has 0 aliphatic carbocycles. The summed E-state index contributed by atoms with van der Waals surface area (Å²) in [5.74, 6) is 0. The van der Waals surface area contributed by atoms with Crippen molar-refractivity contribution in [3.05, 3.63) is 51.5 Å². The molecule has 0 atom stereocenters. The second-order valence-electron chi connectivity index (χ2n) is 3.89. The zero-order valence-corrected chi connectivity index (χ0v) is 13.0. The Hall–Kier alpha value is -1.14. The number of sulfonamides is 1. The van der Waals surface area contributed by atoms with E-state index in [1.807, 2.05) is 0 Å². The quantitative estimate of drug-likeness (QED) is 0.820. The maximum absolute atomic E-state index is 12.3. The molecular weight excluding hydrogens is 343 g/mol. The molecule has 0 saturated heterocycles. The molecule has 0 spiro atoms. The van der Waals surface area contributed by atoms with Gasteiger partial charge in [-0.25, -0.2) is 8.42 Å². The van der Waals surface area contributed by atoms with Gasteiger partial charge in [0.1, 0.15) is 4.90 Å². The largest absolute Gasteiger partial charge is 0.398 e. The molecule has 0 aromatic heterocycles. The highest BCUT2D eigenvalue weighted by Gasteiger charge is 2.21. The number of nitrogens with two attached hydrogens (primary N) is 1. The normalized spacial score (nSPS) is 11.3. The Morgan fingerprint density at radius 1 is 0.950 bits per heavy atom. The molecule has 0 fully saturated rings. The van der Waals surface area contributed by atoms with Gasteiger partial charge in [-0.3, -0.25) is 4.72 Å². The van der Waals surface area contributed by atoms with E-state index in [1.54, 1.807) is 6.07 Å². The molecule has 106 valence electrons. The first-order valence-electron chi connectivity index (χ1n) is 5.33. The van der Waals surface area contributed by atoms with Gasteiger partial charge in [-0.1, -0.05) is 40.9 Å². The lowest BCUT2D eigenvalue weighted by atomic mass is 10.3. The molecule has 0 radical (unpaired) electrons. The lowest BCUT2D eigenvalue weighted by Crippen LogP contribution is -2.15. The van der Waals surface area contributed by atoms with Crippen LogP contribution in [0, 0.1) is 0 Å². The van der Waals surface area contributed by atoms with Gasteiger partial charge in [0.15, 0.2) is 0 Å². The van der Waals surface area contributed by atoms with Crippen LogP contribution in [0.5, 0.6) is 0 Å². The van der Waals surface area contributed by atoms with Crippen LogP contribution in [0.25, 0.3) is 0 Å². The molecule has 2 aromatic rings. The molecule has 3 N–H and O–H groups in total. The van der Waals surface area contributed by atoms with E-state index >= 15 is 0 Å². The summed E-state index contributed by atoms with van der Waals surface area (Å²) in [5.41, 5.74) is 5.99. The summed E-state index contributed by atoms with van der Waals surface area (Å²) < 4.78 is 26.9. The zero-order chi connectivity index (χ0) is 14.9. The Bertz CT molecular complexity index is 743. The van der Waals surface area contributed by atoms with Crippen LogP contribution >= 0.6 is 34.8 Å². The van der Waals surface area contributed by atoms with Crippen LogP contribution in [-0.4, -0.2) is 8.42 Å². The highest BCUT2D eigenvalue weighted by Crippen LogP contribution is 2.30. The van der Waals surface area contributed by atoms with Crippen molar-refractivity contribution in [2.45, 2.75) is 4.90 Å². The molecule has 4 nitrogen and oxygen atoms in total. The van der Waals surface area contributed by atoms with Crippen molar-refractivity contribution in [1.29, 1.82) is 0 Å². The lowest BCUT2D eigenvalue weighted by Gasteiger charge is -2.12. The van der Waals surface area contributed by atoms with Gasteiger partial charge >= 0.3 is 0 Å². The van der Waals surface area contributed by atoms with Crippen LogP contribution < -0.4 is 10.5 Å². The van der Waals surface area contributed by atoms with E-state index < -0.39 is 10.0 Å².